The average molecular weight is 671 g/mol. The van der Waals surface area contributed by atoms with Gasteiger partial charge >= 0.3 is 23.9 Å². The van der Waals surface area contributed by atoms with Crippen molar-refractivity contribution >= 4 is 23.9 Å². The van der Waals surface area contributed by atoms with Gasteiger partial charge in [-0.3, -0.25) is 9.59 Å². The Balaban J connectivity index is 1.69. The van der Waals surface area contributed by atoms with E-state index in [9.17, 15) is 34.5 Å². The zero-order valence-electron chi connectivity index (χ0n) is 28.7. The number of furan rings is 1. The van der Waals surface area contributed by atoms with E-state index in [2.05, 4.69) is 0 Å². The molecule has 4 fully saturated rings. The van der Waals surface area contributed by atoms with E-state index in [1.54, 1.807) is 53.7 Å². The molecule has 1 saturated heterocycles. The zero-order chi connectivity index (χ0) is 35.4. The topological polar surface area (TPSA) is 179 Å². The average Bonchev–Trinajstić information content (AvgIpc) is 3.68. The largest absolute Gasteiger partial charge is 0.472 e. The van der Waals surface area contributed by atoms with Gasteiger partial charge in [0.05, 0.1) is 25.6 Å². The van der Waals surface area contributed by atoms with E-state index in [0.717, 1.165) is 0 Å². The Kier molecular flexibility index (Phi) is 7.89. The third-order valence-corrected chi connectivity index (χ3v) is 12.8. The SMILES string of the molecule is CC=C(C)C(=O)OC1C2(C)CC3(O)C(C)(C4CCC5(C)C(=C4C(OC(=O)C(C)C)C13O)C(O)C(=O)OC5c1ccoc1)C2CC(=O)OC. The minimum atomic E-state index is -2.46. The predicted molar refractivity (Wildman–Crippen MR) is 166 cm³/mol. The van der Waals surface area contributed by atoms with Crippen molar-refractivity contribution in [2.45, 2.75) is 110 Å². The summed E-state index contributed by atoms with van der Waals surface area (Å²) < 4.78 is 28.6. The highest BCUT2D eigenvalue weighted by atomic mass is 16.6. The van der Waals surface area contributed by atoms with Crippen LogP contribution in [-0.4, -0.2) is 75.8 Å². The number of allylic oxidation sites excluding steroid dienone is 1. The maximum absolute atomic E-state index is 13.6. The summed E-state index contributed by atoms with van der Waals surface area (Å²) in [4.78, 5) is 53.6. The molecule has 5 aliphatic rings. The van der Waals surface area contributed by atoms with Gasteiger partial charge in [0, 0.05) is 33.8 Å². The first-order valence-electron chi connectivity index (χ1n) is 16.6. The summed E-state index contributed by atoms with van der Waals surface area (Å²) in [7, 11) is 1.26. The lowest BCUT2D eigenvalue weighted by atomic mass is 9.40. The molecule has 6 rings (SSSR count). The fraction of sp³-hybridized carbons (Fsp3) is 0.667. The fourth-order valence-electron chi connectivity index (χ4n) is 10.4. The van der Waals surface area contributed by atoms with Crippen molar-refractivity contribution < 1.29 is 57.9 Å². The van der Waals surface area contributed by atoms with E-state index in [-0.39, 0.29) is 29.6 Å². The Morgan fingerprint density at radius 1 is 1.15 bits per heavy atom. The molecular formula is C36H46O12. The maximum Gasteiger partial charge on any atom is 0.339 e. The number of cyclic esters (lactones) is 1. The molecule has 3 saturated carbocycles. The van der Waals surface area contributed by atoms with Crippen LogP contribution >= 0.6 is 0 Å². The number of methoxy groups -OCH3 is 1. The van der Waals surface area contributed by atoms with E-state index in [4.69, 9.17) is 23.4 Å². The molecule has 11 unspecified atom stereocenters. The van der Waals surface area contributed by atoms with Gasteiger partial charge < -0.3 is 38.7 Å². The molecule has 2 heterocycles. The Morgan fingerprint density at radius 3 is 2.42 bits per heavy atom. The number of carbonyl (C=O) groups is 4. The van der Waals surface area contributed by atoms with Gasteiger partial charge in [-0.1, -0.05) is 40.7 Å². The second-order valence-corrected chi connectivity index (χ2v) is 15.4. The summed E-state index contributed by atoms with van der Waals surface area (Å²) in [6.07, 6.45) is -0.893. The molecule has 1 aromatic rings. The van der Waals surface area contributed by atoms with Crippen LogP contribution in [0.1, 0.15) is 85.8 Å². The lowest BCUT2D eigenvalue weighted by Crippen LogP contribution is -2.80. The molecule has 4 aliphatic carbocycles. The lowest BCUT2D eigenvalue weighted by Gasteiger charge is -2.68. The van der Waals surface area contributed by atoms with Crippen molar-refractivity contribution in [3.8, 4) is 0 Å². The van der Waals surface area contributed by atoms with E-state index in [0.29, 0.717) is 18.4 Å². The molecule has 12 nitrogen and oxygen atoms in total. The molecule has 0 aromatic carbocycles. The number of ether oxygens (including phenoxy) is 4. The van der Waals surface area contributed by atoms with Crippen LogP contribution in [0, 0.1) is 34.0 Å². The number of carbonyl (C=O) groups excluding carboxylic acids is 4. The number of esters is 4. The summed E-state index contributed by atoms with van der Waals surface area (Å²) in [6.45, 7) is 11.9. The monoisotopic (exact) mass is 670 g/mol. The highest BCUT2D eigenvalue weighted by molar-refractivity contribution is 5.88. The number of hydrogen-bond donors (Lipinski definition) is 3. The van der Waals surface area contributed by atoms with Crippen LogP contribution in [0.25, 0.3) is 0 Å². The van der Waals surface area contributed by atoms with E-state index in [1.165, 1.54) is 19.6 Å². The number of hydrogen-bond acceptors (Lipinski definition) is 12. The minimum Gasteiger partial charge on any atom is -0.472 e. The molecule has 1 aliphatic heterocycles. The van der Waals surface area contributed by atoms with Crippen LogP contribution in [0.15, 0.2) is 45.8 Å². The summed E-state index contributed by atoms with van der Waals surface area (Å²) in [5.74, 6) is -5.01. The molecule has 2 bridgehead atoms. The van der Waals surface area contributed by atoms with E-state index >= 15 is 0 Å². The highest BCUT2D eigenvalue weighted by Gasteiger charge is 2.90. The van der Waals surface area contributed by atoms with Gasteiger partial charge in [-0.2, -0.15) is 0 Å². The number of aliphatic hydroxyl groups excluding tert-OH is 1. The second-order valence-electron chi connectivity index (χ2n) is 15.4. The first kappa shape index (κ1) is 34.4. The van der Waals surface area contributed by atoms with Crippen LogP contribution in [0.4, 0.5) is 0 Å². The van der Waals surface area contributed by atoms with Gasteiger partial charge in [0.15, 0.2) is 17.8 Å². The van der Waals surface area contributed by atoms with E-state index in [1.807, 2.05) is 6.92 Å². The fourth-order valence-corrected chi connectivity index (χ4v) is 10.4. The molecule has 0 spiro atoms. The van der Waals surface area contributed by atoms with Crippen molar-refractivity contribution in [2.75, 3.05) is 7.11 Å². The van der Waals surface area contributed by atoms with E-state index < -0.39 is 93.5 Å². The summed E-state index contributed by atoms with van der Waals surface area (Å²) >= 11 is 0. The van der Waals surface area contributed by atoms with Crippen LogP contribution < -0.4 is 0 Å². The van der Waals surface area contributed by atoms with Crippen molar-refractivity contribution in [3.05, 3.63) is 47.0 Å². The van der Waals surface area contributed by atoms with Crippen molar-refractivity contribution in [2.24, 2.45) is 34.0 Å². The Bertz CT molecular complexity index is 1610. The van der Waals surface area contributed by atoms with Gasteiger partial charge in [0.25, 0.3) is 0 Å². The van der Waals surface area contributed by atoms with Crippen LogP contribution in [0.3, 0.4) is 0 Å². The van der Waals surface area contributed by atoms with Crippen LogP contribution in [-0.2, 0) is 38.1 Å². The first-order valence-corrected chi connectivity index (χ1v) is 16.6. The number of rotatable bonds is 7. The van der Waals surface area contributed by atoms with Crippen molar-refractivity contribution in [1.29, 1.82) is 0 Å². The Labute approximate surface area is 279 Å². The Hall–Kier alpha value is -3.48. The maximum atomic E-state index is 13.6. The lowest BCUT2D eigenvalue weighted by molar-refractivity contribution is -0.316. The molecule has 0 radical (unpaired) electrons. The molecule has 48 heavy (non-hydrogen) atoms. The standard InChI is InChI=1S/C36H46O12/c1-9-18(4)29(40)48-31-33(6)16-35(42)34(7,21(33)14-22(37)44-8)20-10-12-32(5)24(23(20)27(36(31,35)43)47-28(39)17(2)3)25(38)30(41)46-26(32)19-11-13-45-15-19/h9,11,13,15,17,20-21,25-27,31,38,42-43H,10,12,14,16H2,1-8H3. The van der Waals surface area contributed by atoms with Gasteiger partial charge in [0.2, 0.25) is 0 Å². The number of fused-ring (bicyclic) bond motifs is 4. The zero-order valence-corrected chi connectivity index (χ0v) is 28.7. The second kappa shape index (κ2) is 11.0. The summed E-state index contributed by atoms with van der Waals surface area (Å²) in [5.41, 5.74) is -6.80. The predicted octanol–water partition coefficient (Wildman–Crippen LogP) is 3.48. The van der Waals surface area contributed by atoms with Gasteiger partial charge in [-0.05, 0) is 62.2 Å². The molecule has 262 valence electrons. The number of aliphatic hydroxyl groups is 3. The minimum absolute atomic E-state index is 0.0875. The van der Waals surface area contributed by atoms with Gasteiger partial charge in [-0.15, -0.1) is 0 Å². The Morgan fingerprint density at radius 2 is 1.83 bits per heavy atom. The summed E-state index contributed by atoms with van der Waals surface area (Å²) in [6, 6.07) is 1.67. The first-order chi connectivity index (χ1) is 22.4. The third-order valence-electron chi connectivity index (χ3n) is 12.8. The van der Waals surface area contributed by atoms with Crippen LogP contribution in [0.5, 0.6) is 0 Å². The molecular weight excluding hydrogens is 624 g/mol. The quantitative estimate of drug-likeness (QED) is 0.167. The molecule has 3 N–H and O–H groups in total. The third kappa shape index (κ3) is 4.11. The molecule has 12 heteroatoms. The highest BCUT2D eigenvalue weighted by Crippen LogP contribution is 2.81. The normalized spacial score (nSPS) is 43.0. The van der Waals surface area contributed by atoms with Crippen molar-refractivity contribution in [1.82, 2.24) is 0 Å². The van der Waals surface area contributed by atoms with Gasteiger partial charge in [-0.25, -0.2) is 9.59 Å². The molecule has 11 atom stereocenters. The van der Waals surface area contributed by atoms with Gasteiger partial charge in [0.1, 0.15) is 17.8 Å². The molecule has 1 aromatic heterocycles. The van der Waals surface area contributed by atoms with Crippen LogP contribution in [0.2, 0.25) is 0 Å². The molecule has 0 amide bonds. The smallest absolute Gasteiger partial charge is 0.339 e. The van der Waals surface area contributed by atoms with Crippen molar-refractivity contribution in [3.63, 3.8) is 0 Å². The summed E-state index contributed by atoms with van der Waals surface area (Å²) in [5, 5.41) is 38.1.